The second kappa shape index (κ2) is 7.31. The Balaban J connectivity index is 1.73. The van der Waals surface area contributed by atoms with Gasteiger partial charge < -0.3 is 10.1 Å². The molecule has 0 spiro atoms. The first-order valence-electron chi connectivity index (χ1n) is 7.54. The van der Waals surface area contributed by atoms with E-state index in [2.05, 4.69) is 20.7 Å². The van der Waals surface area contributed by atoms with Gasteiger partial charge in [-0.1, -0.05) is 29.8 Å². The molecule has 0 aliphatic rings. The lowest BCUT2D eigenvalue weighted by atomic mass is 10.2. The predicted molar refractivity (Wildman–Crippen MR) is 94.6 cm³/mol. The van der Waals surface area contributed by atoms with Gasteiger partial charge in [-0.25, -0.2) is 0 Å². The Bertz CT molecular complexity index is 910. The normalized spacial score (nSPS) is 10.5. The highest BCUT2D eigenvalue weighted by molar-refractivity contribution is 6.31. The monoisotopic (exact) mass is 357 g/mol. The number of carbonyl (C=O) groups excluding carboxylic acids is 1. The summed E-state index contributed by atoms with van der Waals surface area (Å²) < 4.78 is 5.28. The van der Waals surface area contributed by atoms with Crippen LogP contribution in [0.15, 0.2) is 42.5 Å². The molecule has 0 radical (unpaired) electrons. The van der Waals surface area contributed by atoms with E-state index in [1.165, 1.54) is 4.80 Å². The number of benzene rings is 2. The van der Waals surface area contributed by atoms with Gasteiger partial charge in [0, 0.05) is 10.7 Å². The summed E-state index contributed by atoms with van der Waals surface area (Å²) in [6.07, 6.45) is 0. The minimum atomic E-state index is -0.269. The van der Waals surface area contributed by atoms with Crippen molar-refractivity contribution in [1.82, 2.24) is 20.2 Å². The lowest BCUT2D eigenvalue weighted by molar-refractivity contribution is -0.117. The van der Waals surface area contributed by atoms with E-state index >= 15 is 0 Å². The van der Waals surface area contributed by atoms with Gasteiger partial charge in [0.15, 0.2) is 0 Å². The molecule has 2 aromatic carbocycles. The van der Waals surface area contributed by atoms with Crippen LogP contribution in [-0.4, -0.2) is 33.2 Å². The molecule has 1 heterocycles. The van der Waals surface area contributed by atoms with Crippen molar-refractivity contribution in [2.45, 2.75) is 13.5 Å². The summed E-state index contributed by atoms with van der Waals surface area (Å²) >= 11 is 6.05. The van der Waals surface area contributed by atoms with Gasteiger partial charge in [0.1, 0.15) is 12.3 Å². The molecule has 25 heavy (non-hydrogen) atoms. The second-order valence-corrected chi connectivity index (χ2v) is 5.71. The summed E-state index contributed by atoms with van der Waals surface area (Å²) in [6, 6.07) is 12.7. The number of nitrogens with zero attached hydrogens (tertiary/aromatic N) is 4. The Kier molecular flexibility index (Phi) is 4.95. The van der Waals surface area contributed by atoms with Crippen molar-refractivity contribution in [3.8, 4) is 17.1 Å². The van der Waals surface area contributed by atoms with Crippen molar-refractivity contribution in [3.05, 3.63) is 53.1 Å². The van der Waals surface area contributed by atoms with E-state index in [-0.39, 0.29) is 12.5 Å². The Labute approximate surface area is 149 Å². The van der Waals surface area contributed by atoms with Gasteiger partial charge in [-0.3, -0.25) is 4.79 Å². The van der Waals surface area contributed by atoms with Gasteiger partial charge >= 0.3 is 0 Å². The smallest absolute Gasteiger partial charge is 0.248 e. The van der Waals surface area contributed by atoms with Crippen LogP contribution >= 0.6 is 11.6 Å². The maximum absolute atomic E-state index is 12.2. The van der Waals surface area contributed by atoms with Crippen molar-refractivity contribution in [1.29, 1.82) is 0 Å². The number of nitrogens with one attached hydrogen (secondary N) is 1. The van der Waals surface area contributed by atoms with E-state index in [4.69, 9.17) is 16.3 Å². The van der Waals surface area contributed by atoms with Crippen molar-refractivity contribution in [2.24, 2.45) is 0 Å². The van der Waals surface area contributed by atoms with Crippen LogP contribution < -0.4 is 10.1 Å². The molecule has 0 saturated heterocycles. The van der Waals surface area contributed by atoms with Crippen molar-refractivity contribution in [2.75, 3.05) is 12.4 Å². The molecule has 0 atom stereocenters. The van der Waals surface area contributed by atoms with Crippen LogP contribution in [0, 0.1) is 6.92 Å². The molecule has 0 bridgehead atoms. The third-order valence-electron chi connectivity index (χ3n) is 3.63. The molecule has 1 amide bonds. The number of hydrogen-bond acceptors (Lipinski definition) is 5. The van der Waals surface area contributed by atoms with Gasteiger partial charge in [0.25, 0.3) is 0 Å². The summed E-state index contributed by atoms with van der Waals surface area (Å²) in [6.45, 7) is 1.78. The van der Waals surface area contributed by atoms with Crippen molar-refractivity contribution in [3.63, 3.8) is 0 Å². The summed E-state index contributed by atoms with van der Waals surface area (Å²) in [5, 5.41) is 15.5. The van der Waals surface area contributed by atoms with Crippen LogP contribution in [0.25, 0.3) is 11.4 Å². The van der Waals surface area contributed by atoms with E-state index in [0.717, 1.165) is 5.56 Å². The number of carbonyl (C=O) groups is 1. The van der Waals surface area contributed by atoms with E-state index in [1.54, 1.807) is 25.3 Å². The second-order valence-electron chi connectivity index (χ2n) is 5.30. The quantitative estimate of drug-likeness (QED) is 0.759. The third-order valence-corrected chi connectivity index (χ3v) is 4.04. The first-order valence-corrected chi connectivity index (χ1v) is 7.92. The molecule has 0 fully saturated rings. The van der Waals surface area contributed by atoms with E-state index in [9.17, 15) is 4.79 Å². The number of ether oxygens (including phenoxy) is 1. The molecule has 0 aliphatic carbocycles. The zero-order chi connectivity index (χ0) is 17.8. The summed E-state index contributed by atoms with van der Waals surface area (Å²) in [7, 11) is 1.57. The van der Waals surface area contributed by atoms with E-state index in [1.807, 2.05) is 31.2 Å². The Morgan fingerprint density at radius 1 is 1.24 bits per heavy atom. The van der Waals surface area contributed by atoms with Crippen LogP contribution in [-0.2, 0) is 11.3 Å². The molecule has 8 heteroatoms. The minimum Gasteiger partial charge on any atom is -0.496 e. The summed E-state index contributed by atoms with van der Waals surface area (Å²) in [5.41, 5.74) is 2.17. The zero-order valence-electron chi connectivity index (χ0n) is 13.7. The van der Waals surface area contributed by atoms with Crippen LogP contribution in [0.4, 0.5) is 5.69 Å². The maximum atomic E-state index is 12.2. The van der Waals surface area contributed by atoms with Crippen LogP contribution in [0.3, 0.4) is 0 Å². The number of para-hydroxylation sites is 1. The fourth-order valence-electron chi connectivity index (χ4n) is 2.31. The van der Waals surface area contributed by atoms with Crippen LogP contribution in [0.5, 0.6) is 5.75 Å². The average molecular weight is 358 g/mol. The molecular formula is C17H16ClN5O2. The fourth-order valence-corrected chi connectivity index (χ4v) is 2.48. The number of amides is 1. The fraction of sp³-hybridized carbons (Fsp3) is 0.176. The Morgan fingerprint density at radius 2 is 2.04 bits per heavy atom. The molecule has 128 valence electrons. The molecule has 0 saturated carbocycles. The van der Waals surface area contributed by atoms with Crippen molar-refractivity contribution >= 4 is 23.2 Å². The maximum Gasteiger partial charge on any atom is 0.248 e. The first kappa shape index (κ1) is 16.9. The molecular weight excluding hydrogens is 342 g/mol. The molecule has 3 rings (SSSR count). The standard InChI is InChI=1S/C17H16ClN5O2/c1-11-13(18)7-5-8-14(11)19-16(24)10-23-21-17(20-22-23)12-6-3-4-9-15(12)25-2/h3-9H,10H2,1-2H3,(H,19,24). The number of aromatic nitrogens is 4. The van der Waals surface area contributed by atoms with E-state index in [0.29, 0.717) is 27.8 Å². The third kappa shape index (κ3) is 3.77. The highest BCUT2D eigenvalue weighted by Crippen LogP contribution is 2.26. The van der Waals surface area contributed by atoms with Gasteiger partial charge in [-0.2, -0.15) is 4.80 Å². The molecule has 1 N–H and O–H groups in total. The largest absolute Gasteiger partial charge is 0.496 e. The predicted octanol–water partition coefficient (Wildman–Crippen LogP) is 2.95. The molecule has 0 unspecified atom stereocenters. The number of rotatable bonds is 5. The SMILES string of the molecule is COc1ccccc1-c1nnn(CC(=O)Nc2cccc(Cl)c2C)n1. The molecule has 7 nitrogen and oxygen atoms in total. The minimum absolute atomic E-state index is 0.0614. The summed E-state index contributed by atoms with van der Waals surface area (Å²) in [5.74, 6) is 0.764. The molecule has 0 aliphatic heterocycles. The number of anilines is 1. The zero-order valence-corrected chi connectivity index (χ0v) is 14.5. The highest BCUT2D eigenvalue weighted by atomic mass is 35.5. The Morgan fingerprint density at radius 3 is 2.84 bits per heavy atom. The number of halogens is 1. The molecule has 3 aromatic rings. The lowest BCUT2D eigenvalue weighted by Crippen LogP contribution is -2.21. The van der Waals surface area contributed by atoms with Gasteiger partial charge in [0.05, 0.1) is 12.7 Å². The highest BCUT2D eigenvalue weighted by Gasteiger charge is 2.13. The van der Waals surface area contributed by atoms with Crippen LogP contribution in [0.2, 0.25) is 5.02 Å². The van der Waals surface area contributed by atoms with E-state index < -0.39 is 0 Å². The summed E-state index contributed by atoms with van der Waals surface area (Å²) in [4.78, 5) is 13.4. The topological polar surface area (TPSA) is 81.9 Å². The van der Waals surface area contributed by atoms with Gasteiger partial charge in [-0.15, -0.1) is 10.2 Å². The van der Waals surface area contributed by atoms with Gasteiger partial charge in [-0.05, 0) is 42.0 Å². The lowest BCUT2D eigenvalue weighted by Gasteiger charge is -2.08. The number of hydrogen-bond donors (Lipinski definition) is 1. The van der Waals surface area contributed by atoms with Crippen molar-refractivity contribution < 1.29 is 9.53 Å². The first-order chi connectivity index (χ1) is 12.1. The Hall–Kier alpha value is -2.93. The average Bonchev–Trinajstić information content (AvgIpc) is 3.07. The number of methoxy groups -OCH3 is 1. The van der Waals surface area contributed by atoms with Crippen LogP contribution in [0.1, 0.15) is 5.56 Å². The number of tetrazole rings is 1. The van der Waals surface area contributed by atoms with Gasteiger partial charge in [0.2, 0.25) is 11.7 Å². The molecule has 1 aromatic heterocycles.